The normalized spacial score (nSPS) is 9.92. The summed E-state index contributed by atoms with van der Waals surface area (Å²) >= 11 is 2.16. The molecule has 2 heterocycles. The third-order valence-corrected chi connectivity index (χ3v) is 2.23. The molecular formula is C8H5IN4. The second-order valence-electron chi connectivity index (χ2n) is 2.29. The van der Waals surface area contributed by atoms with Gasteiger partial charge < -0.3 is 0 Å². The Bertz CT molecular complexity index is 404. The number of hydrogen-bond donors (Lipinski definition) is 0. The third-order valence-electron chi connectivity index (χ3n) is 1.45. The van der Waals surface area contributed by atoms with Crippen molar-refractivity contribution in [3.63, 3.8) is 0 Å². The molecule has 0 unspecified atom stereocenters. The van der Waals surface area contributed by atoms with Crippen molar-refractivity contribution in [3.8, 4) is 11.5 Å². The van der Waals surface area contributed by atoms with Crippen LogP contribution in [0.1, 0.15) is 0 Å². The first-order chi connectivity index (χ1) is 6.38. The Balaban J connectivity index is 2.54. The zero-order chi connectivity index (χ0) is 9.10. The van der Waals surface area contributed by atoms with Gasteiger partial charge in [-0.15, -0.1) is 0 Å². The van der Waals surface area contributed by atoms with E-state index < -0.39 is 0 Å². The second-order valence-corrected chi connectivity index (χ2v) is 3.45. The third kappa shape index (κ3) is 1.80. The average molecular weight is 284 g/mol. The summed E-state index contributed by atoms with van der Waals surface area (Å²) in [6, 6.07) is 1.78. The van der Waals surface area contributed by atoms with Gasteiger partial charge in [0.2, 0.25) is 0 Å². The van der Waals surface area contributed by atoms with Crippen LogP contribution in [0.3, 0.4) is 0 Å². The molecule has 2 aromatic rings. The van der Waals surface area contributed by atoms with Gasteiger partial charge in [0.1, 0.15) is 12.0 Å². The van der Waals surface area contributed by atoms with Crippen LogP contribution in [0, 0.1) is 3.57 Å². The predicted octanol–water partition coefficient (Wildman–Crippen LogP) is 1.54. The molecule has 0 saturated carbocycles. The van der Waals surface area contributed by atoms with Crippen molar-refractivity contribution >= 4 is 22.6 Å². The molecule has 0 bridgehead atoms. The largest absolute Gasteiger partial charge is 0.244 e. The van der Waals surface area contributed by atoms with Gasteiger partial charge in [0.15, 0.2) is 5.82 Å². The Morgan fingerprint density at radius 3 is 2.54 bits per heavy atom. The fourth-order valence-electron chi connectivity index (χ4n) is 0.899. The molecule has 5 heteroatoms. The second kappa shape index (κ2) is 3.73. The highest BCUT2D eigenvalue weighted by atomic mass is 127. The molecule has 0 aromatic carbocycles. The van der Waals surface area contributed by atoms with E-state index in [1.54, 1.807) is 24.7 Å². The van der Waals surface area contributed by atoms with Gasteiger partial charge in [0.05, 0.1) is 3.57 Å². The zero-order valence-electron chi connectivity index (χ0n) is 6.55. The molecule has 0 atom stereocenters. The van der Waals surface area contributed by atoms with Crippen molar-refractivity contribution in [2.45, 2.75) is 0 Å². The van der Waals surface area contributed by atoms with Gasteiger partial charge in [-0.3, -0.25) is 0 Å². The molecule has 0 spiro atoms. The molecule has 0 N–H and O–H groups in total. The SMILES string of the molecule is Ic1cncnc1-c1ncccn1. The van der Waals surface area contributed by atoms with Crippen LogP contribution in [0.5, 0.6) is 0 Å². The fourth-order valence-corrected chi connectivity index (χ4v) is 1.44. The minimum Gasteiger partial charge on any atom is -0.244 e. The molecule has 2 rings (SSSR count). The summed E-state index contributed by atoms with van der Waals surface area (Å²) in [5.41, 5.74) is 0.774. The molecule has 0 aliphatic rings. The van der Waals surface area contributed by atoms with Gasteiger partial charge in [-0.05, 0) is 28.7 Å². The minimum absolute atomic E-state index is 0.634. The molecule has 0 fully saturated rings. The highest BCUT2D eigenvalue weighted by Gasteiger charge is 2.05. The van der Waals surface area contributed by atoms with Crippen molar-refractivity contribution in [1.29, 1.82) is 0 Å². The molecule has 0 aliphatic heterocycles. The Labute approximate surface area is 88.6 Å². The van der Waals surface area contributed by atoms with Gasteiger partial charge in [-0.2, -0.15) is 0 Å². The predicted molar refractivity (Wildman–Crippen MR) is 55.8 cm³/mol. The average Bonchev–Trinajstić information content (AvgIpc) is 2.20. The molecule has 64 valence electrons. The molecule has 2 aromatic heterocycles. The number of halogens is 1. The topological polar surface area (TPSA) is 51.6 Å². The maximum absolute atomic E-state index is 4.10. The molecule has 0 saturated heterocycles. The Morgan fingerprint density at radius 2 is 1.85 bits per heavy atom. The van der Waals surface area contributed by atoms with Gasteiger partial charge in [-0.1, -0.05) is 0 Å². The zero-order valence-corrected chi connectivity index (χ0v) is 8.71. The lowest BCUT2D eigenvalue weighted by Gasteiger charge is -1.98. The number of hydrogen-bond acceptors (Lipinski definition) is 4. The van der Waals surface area contributed by atoms with E-state index in [0.29, 0.717) is 5.82 Å². The number of aromatic nitrogens is 4. The van der Waals surface area contributed by atoms with Gasteiger partial charge in [-0.25, -0.2) is 19.9 Å². The maximum Gasteiger partial charge on any atom is 0.179 e. The fraction of sp³-hybridized carbons (Fsp3) is 0. The summed E-state index contributed by atoms with van der Waals surface area (Å²) in [7, 11) is 0. The molecule has 13 heavy (non-hydrogen) atoms. The highest BCUT2D eigenvalue weighted by molar-refractivity contribution is 14.1. The minimum atomic E-state index is 0.634. The van der Waals surface area contributed by atoms with Crippen molar-refractivity contribution in [2.24, 2.45) is 0 Å². The summed E-state index contributed by atoms with van der Waals surface area (Å²) in [4.78, 5) is 16.2. The van der Waals surface area contributed by atoms with Crippen molar-refractivity contribution < 1.29 is 0 Å². The van der Waals surface area contributed by atoms with Crippen molar-refractivity contribution in [2.75, 3.05) is 0 Å². The van der Waals surface area contributed by atoms with Crippen LogP contribution in [0.15, 0.2) is 31.0 Å². The van der Waals surface area contributed by atoms with Crippen LogP contribution >= 0.6 is 22.6 Å². The molecule has 0 radical (unpaired) electrons. The van der Waals surface area contributed by atoms with E-state index in [0.717, 1.165) is 9.26 Å². The molecular weight excluding hydrogens is 279 g/mol. The first-order valence-electron chi connectivity index (χ1n) is 3.61. The Hall–Kier alpha value is -1.11. The van der Waals surface area contributed by atoms with Crippen LogP contribution in [0.2, 0.25) is 0 Å². The van der Waals surface area contributed by atoms with Crippen LogP contribution in [-0.2, 0) is 0 Å². The van der Waals surface area contributed by atoms with Crippen LogP contribution in [-0.4, -0.2) is 19.9 Å². The van der Waals surface area contributed by atoms with Crippen LogP contribution < -0.4 is 0 Å². The molecule has 0 amide bonds. The van der Waals surface area contributed by atoms with Crippen LogP contribution in [0.4, 0.5) is 0 Å². The van der Waals surface area contributed by atoms with E-state index in [4.69, 9.17) is 0 Å². The van der Waals surface area contributed by atoms with E-state index in [9.17, 15) is 0 Å². The Morgan fingerprint density at radius 1 is 1.08 bits per heavy atom. The summed E-state index contributed by atoms with van der Waals surface area (Å²) in [5.74, 6) is 0.634. The molecule has 4 nitrogen and oxygen atoms in total. The van der Waals surface area contributed by atoms with Gasteiger partial charge in [0.25, 0.3) is 0 Å². The first-order valence-corrected chi connectivity index (χ1v) is 4.68. The monoisotopic (exact) mass is 284 g/mol. The van der Waals surface area contributed by atoms with Crippen LogP contribution in [0.25, 0.3) is 11.5 Å². The maximum atomic E-state index is 4.10. The summed E-state index contributed by atoms with van der Waals surface area (Å²) in [6.07, 6.45) is 6.62. The quantitative estimate of drug-likeness (QED) is 0.745. The first kappa shape index (κ1) is 8.49. The van der Waals surface area contributed by atoms with Gasteiger partial charge in [0, 0.05) is 18.6 Å². The smallest absolute Gasteiger partial charge is 0.179 e. The summed E-state index contributed by atoms with van der Waals surface area (Å²) in [5, 5.41) is 0. The summed E-state index contributed by atoms with van der Waals surface area (Å²) < 4.78 is 0.950. The van der Waals surface area contributed by atoms with E-state index in [-0.39, 0.29) is 0 Å². The Kier molecular flexibility index (Phi) is 2.44. The lowest BCUT2D eigenvalue weighted by Crippen LogP contribution is -1.93. The van der Waals surface area contributed by atoms with E-state index in [1.807, 2.05) is 0 Å². The van der Waals surface area contributed by atoms with Gasteiger partial charge >= 0.3 is 0 Å². The van der Waals surface area contributed by atoms with E-state index >= 15 is 0 Å². The molecule has 0 aliphatic carbocycles. The summed E-state index contributed by atoms with van der Waals surface area (Å²) in [6.45, 7) is 0. The van der Waals surface area contributed by atoms with E-state index in [1.165, 1.54) is 6.33 Å². The lowest BCUT2D eigenvalue weighted by atomic mass is 10.4. The number of nitrogens with zero attached hydrogens (tertiary/aromatic N) is 4. The van der Waals surface area contributed by atoms with Crippen molar-refractivity contribution in [1.82, 2.24) is 19.9 Å². The highest BCUT2D eigenvalue weighted by Crippen LogP contribution is 2.16. The number of rotatable bonds is 1. The van der Waals surface area contributed by atoms with E-state index in [2.05, 4.69) is 42.5 Å². The van der Waals surface area contributed by atoms with Crippen molar-refractivity contribution in [3.05, 3.63) is 34.6 Å². The lowest BCUT2D eigenvalue weighted by molar-refractivity contribution is 1.09. The standard InChI is InChI=1S/C8H5IN4/c9-6-4-10-5-13-7(6)8-11-2-1-3-12-8/h1-5H.